The van der Waals surface area contributed by atoms with Crippen molar-refractivity contribution in [2.75, 3.05) is 27.2 Å². The molecule has 2 N–H and O–H groups in total. The first-order valence-corrected chi connectivity index (χ1v) is 21.1. The molecule has 1 saturated heterocycles. The number of hydrogen-bond donors (Lipinski definition) is 2. The van der Waals surface area contributed by atoms with Crippen molar-refractivity contribution in [1.82, 2.24) is 25.3 Å². The predicted octanol–water partition coefficient (Wildman–Crippen LogP) is 4.47. The summed E-state index contributed by atoms with van der Waals surface area (Å²) in [6.07, 6.45) is -1.47. The maximum Gasteiger partial charge on any atom is 0.410 e. The fraction of sp³-hybridized carbons (Fsp3) is 0.457. The summed E-state index contributed by atoms with van der Waals surface area (Å²) in [4.78, 5) is 110. The van der Waals surface area contributed by atoms with Crippen molar-refractivity contribution in [1.29, 1.82) is 0 Å². The van der Waals surface area contributed by atoms with E-state index >= 15 is 0 Å². The van der Waals surface area contributed by atoms with Crippen LogP contribution in [0.4, 0.5) is 10.5 Å². The highest BCUT2D eigenvalue weighted by Gasteiger charge is 2.41. The lowest BCUT2D eigenvalue weighted by atomic mass is 10.1. The summed E-state index contributed by atoms with van der Waals surface area (Å²) in [6.45, 7) is 10.3. The average molecular weight is 903 g/mol. The van der Waals surface area contributed by atoms with Crippen LogP contribution in [0.5, 0.6) is 5.75 Å². The van der Waals surface area contributed by atoms with E-state index in [-0.39, 0.29) is 25.5 Å². The Kier molecular flexibility index (Phi) is 17.5. The molecule has 5 atom stereocenters. The van der Waals surface area contributed by atoms with Crippen molar-refractivity contribution in [2.24, 2.45) is 0 Å². The van der Waals surface area contributed by atoms with Gasteiger partial charge in [0, 0.05) is 20.6 Å². The van der Waals surface area contributed by atoms with E-state index in [9.17, 15) is 43.7 Å². The SMILES string of the molecule is Cc1ccc(C(=O)N[C@H](C(=O)N[C@H](C)C(=O)N2CCC[C@H]2C(=O)OC(C)(C)C)[C@@H](C)OC(=O)[C@H](C)N(C)C(=O)CN(C)C(=O)OCc2ccccc2)c([N+](=O)[O-])c1OCc1ccccc1. The van der Waals surface area contributed by atoms with Crippen LogP contribution >= 0.6 is 0 Å². The van der Waals surface area contributed by atoms with Crippen LogP contribution < -0.4 is 15.4 Å². The second-order valence-electron chi connectivity index (χ2n) is 16.8. The Hall–Kier alpha value is -7.05. The molecule has 19 heteroatoms. The number of nitro benzene ring substituents is 1. The average Bonchev–Trinajstić information content (AvgIpc) is 3.76. The summed E-state index contributed by atoms with van der Waals surface area (Å²) >= 11 is 0. The van der Waals surface area contributed by atoms with Crippen molar-refractivity contribution in [3.8, 4) is 5.75 Å². The van der Waals surface area contributed by atoms with E-state index < -0.39 is 100 Å². The molecule has 1 aliphatic heterocycles. The number of esters is 2. The fourth-order valence-electron chi connectivity index (χ4n) is 6.75. The van der Waals surface area contributed by atoms with E-state index in [1.54, 1.807) is 82.3 Å². The van der Waals surface area contributed by atoms with Gasteiger partial charge < -0.3 is 44.3 Å². The lowest BCUT2D eigenvalue weighted by molar-refractivity contribution is -0.386. The lowest BCUT2D eigenvalue weighted by Crippen LogP contribution is -2.58. The molecule has 4 rings (SSSR count). The first-order chi connectivity index (χ1) is 30.6. The Morgan fingerprint density at radius 1 is 0.877 bits per heavy atom. The highest BCUT2D eigenvalue weighted by Crippen LogP contribution is 2.35. The molecule has 19 nitrogen and oxygen atoms in total. The Bertz CT molecular complexity index is 2220. The fourth-order valence-corrected chi connectivity index (χ4v) is 6.75. The number of nitro groups is 1. The molecule has 0 bridgehead atoms. The van der Waals surface area contributed by atoms with Crippen molar-refractivity contribution in [2.45, 2.75) is 110 Å². The molecular weight excluding hydrogens is 845 g/mol. The van der Waals surface area contributed by atoms with Gasteiger partial charge in [0.15, 0.2) is 0 Å². The van der Waals surface area contributed by atoms with E-state index in [0.29, 0.717) is 24.0 Å². The Balaban J connectivity index is 1.55. The number of rotatable bonds is 18. The minimum absolute atomic E-state index is 0.0296. The topological polar surface area (TPSA) is 233 Å². The second-order valence-corrected chi connectivity index (χ2v) is 16.8. The van der Waals surface area contributed by atoms with E-state index in [1.807, 2.05) is 6.07 Å². The summed E-state index contributed by atoms with van der Waals surface area (Å²) in [5, 5.41) is 17.5. The molecule has 65 heavy (non-hydrogen) atoms. The highest BCUT2D eigenvalue weighted by molar-refractivity contribution is 6.02. The lowest BCUT2D eigenvalue weighted by Gasteiger charge is -2.31. The number of aryl methyl sites for hydroxylation is 1. The number of ether oxygens (including phenoxy) is 4. The molecule has 0 aromatic heterocycles. The van der Waals surface area contributed by atoms with Crippen LogP contribution in [0.1, 0.15) is 81.4 Å². The van der Waals surface area contributed by atoms with Gasteiger partial charge in [-0.3, -0.25) is 29.3 Å². The van der Waals surface area contributed by atoms with Crippen LogP contribution in [0.3, 0.4) is 0 Å². The van der Waals surface area contributed by atoms with Crippen LogP contribution in [0.15, 0.2) is 72.8 Å². The first kappa shape index (κ1) is 50.6. The van der Waals surface area contributed by atoms with Gasteiger partial charge in [0.25, 0.3) is 5.91 Å². The van der Waals surface area contributed by atoms with E-state index in [2.05, 4.69) is 10.6 Å². The smallest absolute Gasteiger partial charge is 0.410 e. The number of amides is 5. The standard InChI is InChI=1S/C46H58N6O13/c1-28-22-23-34(38(52(60)61)39(28)62-26-32-17-12-10-13-18-32)40(54)48-37(41(55)47-29(2)42(56)51-24-16-21-35(51)44(58)65-46(5,6)7)31(4)64-43(57)30(3)50(9)36(53)25-49(8)45(59)63-27-33-19-14-11-15-20-33/h10-15,17-20,22-23,29-31,35,37H,16,21,24-27H2,1-9H3,(H,47,55)(H,48,54)/t29-,30+,31-,35+,37+/m1/s1. The van der Waals surface area contributed by atoms with Gasteiger partial charge in [0.1, 0.15) is 61.2 Å². The quantitative estimate of drug-likeness (QED) is 0.0778. The van der Waals surface area contributed by atoms with E-state index in [0.717, 1.165) is 15.4 Å². The molecule has 3 aromatic rings. The third kappa shape index (κ3) is 14.0. The molecule has 350 valence electrons. The number of nitrogens with zero attached hydrogens (tertiary/aromatic N) is 4. The molecule has 0 radical (unpaired) electrons. The normalized spacial score (nSPS) is 15.3. The number of carbonyl (C=O) groups excluding carboxylic acids is 7. The van der Waals surface area contributed by atoms with Gasteiger partial charge in [-0.2, -0.15) is 0 Å². The van der Waals surface area contributed by atoms with Crippen molar-refractivity contribution in [3.05, 3.63) is 105 Å². The van der Waals surface area contributed by atoms with Crippen LogP contribution in [0.2, 0.25) is 0 Å². The number of hydrogen-bond acceptors (Lipinski definition) is 13. The number of likely N-dealkylation sites (tertiary alicyclic amines) is 1. The Labute approximate surface area is 377 Å². The third-order valence-electron chi connectivity index (χ3n) is 10.5. The van der Waals surface area contributed by atoms with Crippen molar-refractivity contribution >= 4 is 47.3 Å². The van der Waals surface area contributed by atoms with Crippen molar-refractivity contribution < 1.29 is 57.4 Å². The summed E-state index contributed by atoms with van der Waals surface area (Å²) in [5.74, 6) is -5.24. The molecule has 0 spiro atoms. The maximum atomic E-state index is 14.2. The predicted molar refractivity (Wildman–Crippen MR) is 235 cm³/mol. The molecule has 5 amide bonds. The second kappa shape index (κ2) is 22.5. The van der Waals surface area contributed by atoms with Gasteiger partial charge in [-0.05, 0) is 84.1 Å². The maximum absolute atomic E-state index is 14.2. The van der Waals surface area contributed by atoms with Gasteiger partial charge in [-0.15, -0.1) is 0 Å². The number of nitrogens with one attached hydrogen (secondary N) is 2. The van der Waals surface area contributed by atoms with Gasteiger partial charge in [0.05, 0.1) is 4.92 Å². The van der Waals surface area contributed by atoms with Crippen LogP contribution in [0, 0.1) is 17.0 Å². The molecule has 1 aliphatic rings. The zero-order chi connectivity index (χ0) is 48.2. The number of carbonyl (C=O) groups is 7. The van der Waals surface area contributed by atoms with Gasteiger partial charge in [0.2, 0.25) is 23.5 Å². The minimum atomic E-state index is -1.78. The van der Waals surface area contributed by atoms with Crippen LogP contribution in [-0.4, -0.2) is 124 Å². The van der Waals surface area contributed by atoms with Crippen molar-refractivity contribution in [3.63, 3.8) is 0 Å². The molecular formula is C46H58N6O13. The molecule has 0 unspecified atom stereocenters. The molecule has 0 aliphatic carbocycles. The zero-order valence-electron chi connectivity index (χ0n) is 38.2. The number of benzene rings is 3. The Morgan fingerprint density at radius 2 is 1.48 bits per heavy atom. The first-order valence-electron chi connectivity index (χ1n) is 21.1. The summed E-state index contributed by atoms with van der Waals surface area (Å²) < 4.78 is 22.3. The number of likely N-dealkylation sites (N-methyl/N-ethyl adjacent to an activating group) is 2. The van der Waals surface area contributed by atoms with E-state index in [1.165, 1.54) is 51.9 Å². The highest BCUT2D eigenvalue weighted by atomic mass is 16.6. The van der Waals surface area contributed by atoms with Crippen LogP contribution in [-0.2, 0) is 51.4 Å². The van der Waals surface area contributed by atoms with Crippen LogP contribution in [0.25, 0.3) is 0 Å². The molecule has 1 fully saturated rings. The summed E-state index contributed by atoms with van der Waals surface area (Å²) in [7, 11) is 2.65. The molecule has 1 heterocycles. The van der Waals surface area contributed by atoms with E-state index in [4.69, 9.17) is 18.9 Å². The van der Waals surface area contributed by atoms with Gasteiger partial charge >= 0.3 is 23.7 Å². The summed E-state index contributed by atoms with van der Waals surface area (Å²) in [5.41, 5.74) is -0.195. The summed E-state index contributed by atoms with van der Waals surface area (Å²) in [6, 6.07) is 15.1. The Morgan fingerprint density at radius 3 is 2.06 bits per heavy atom. The monoisotopic (exact) mass is 902 g/mol. The zero-order valence-corrected chi connectivity index (χ0v) is 38.2. The third-order valence-corrected chi connectivity index (χ3v) is 10.5. The van der Waals surface area contributed by atoms with Gasteiger partial charge in [-0.1, -0.05) is 66.7 Å². The minimum Gasteiger partial charge on any atom is -0.482 e. The molecule has 3 aromatic carbocycles. The largest absolute Gasteiger partial charge is 0.482 e. The van der Waals surface area contributed by atoms with Gasteiger partial charge in [-0.25, -0.2) is 14.4 Å². The molecule has 0 saturated carbocycles.